The van der Waals surface area contributed by atoms with E-state index in [1.807, 2.05) is 18.2 Å². The van der Waals surface area contributed by atoms with E-state index < -0.39 is 0 Å². The molecule has 1 aliphatic heterocycles. The molecule has 6 heteroatoms. The molecular formula is C18H21N3O3. The molecule has 0 aliphatic carbocycles. The number of carbonyl (C=O) groups excluding carboxylic acids is 2. The number of amides is 2. The Bertz CT molecular complexity index is 738. The van der Waals surface area contributed by atoms with Crippen LogP contribution in [0.4, 0.5) is 11.5 Å². The second kappa shape index (κ2) is 6.47. The molecule has 0 fully saturated rings. The molecule has 1 aromatic heterocycles. The molecule has 1 aromatic carbocycles. The number of hydrogen-bond acceptors (Lipinski definition) is 4. The fourth-order valence-electron chi connectivity index (χ4n) is 3.11. The number of benzene rings is 1. The summed E-state index contributed by atoms with van der Waals surface area (Å²) >= 11 is 0. The number of aromatic nitrogens is 1. The number of nitrogens with one attached hydrogen (secondary N) is 1. The second-order valence-corrected chi connectivity index (χ2v) is 6.66. The number of hydrogen-bond donors (Lipinski definition) is 1. The molecule has 0 saturated carbocycles. The number of anilines is 2. The zero-order valence-corrected chi connectivity index (χ0v) is 13.9. The molecule has 0 bridgehead atoms. The minimum atomic E-state index is -0.158. The van der Waals surface area contributed by atoms with Crippen molar-refractivity contribution in [1.29, 1.82) is 0 Å². The van der Waals surface area contributed by atoms with E-state index in [1.54, 1.807) is 11.0 Å². The molecule has 2 amide bonds. The zero-order valence-electron chi connectivity index (χ0n) is 13.9. The number of nitrogens with zero attached hydrogens (tertiary/aromatic N) is 2. The van der Waals surface area contributed by atoms with Crippen molar-refractivity contribution in [2.45, 2.75) is 38.5 Å². The Balaban J connectivity index is 1.62. The van der Waals surface area contributed by atoms with E-state index in [-0.39, 0.29) is 17.2 Å². The summed E-state index contributed by atoms with van der Waals surface area (Å²) in [5.74, 6) is 0.374. The average Bonchev–Trinajstić information content (AvgIpc) is 3.03. The summed E-state index contributed by atoms with van der Waals surface area (Å²) in [7, 11) is 0. The molecule has 0 radical (unpaired) electrons. The molecule has 2 aromatic rings. The molecule has 0 spiro atoms. The van der Waals surface area contributed by atoms with Crippen molar-refractivity contribution in [3.63, 3.8) is 0 Å². The molecule has 1 aliphatic rings. The topological polar surface area (TPSA) is 75.4 Å². The van der Waals surface area contributed by atoms with Gasteiger partial charge in [0.25, 0.3) is 0 Å². The number of rotatable bonds is 5. The van der Waals surface area contributed by atoms with Gasteiger partial charge in [0.15, 0.2) is 5.82 Å². The quantitative estimate of drug-likeness (QED) is 0.915. The Hall–Kier alpha value is -2.63. The van der Waals surface area contributed by atoms with E-state index in [4.69, 9.17) is 0 Å². The van der Waals surface area contributed by atoms with E-state index in [1.165, 1.54) is 11.8 Å². The predicted molar refractivity (Wildman–Crippen MR) is 90.8 cm³/mol. The normalized spacial score (nSPS) is 15.9. The monoisotopic (exact) mass is 327 g/mol. The molecule has 0 saturated heterocycles. The minimum absolute atomic E-state index is 0.107. The van der Waals surface area contributed by atoms with Crippen LogP contribution in [0.15, 0.2) is 41.1 Å². The van der Waals surface area contributed by atoms with Gasteiger partial charge in [0.2, 0.25) is 11.8 Å². The first-order valence-electron chi connectivity index (χ1n) is 8.07. The van der Waals surface area contributed by atoms with Crippen molar-refractivity contribution in [2.75, 3.05) is 16.8 Å². The van der Waals surface area contributed by atoms with Crippen LogP contribution in [-0.2, 0) is 15.0 Å². The minimum Gasteiger partial charge on any atom is -0.363 e. The van der Waals surface area contributed by atoms with Gasteiger partial charge >= 0.3 is 0 Å². The maximum atomic E-state index is 12.5. The summed E-state index contributed by atoms with van der Waals surface area (Å²) in [5.41, 5.74) is 1.97. The van der Waals surface area contributed by atoms with Gasteiger partial charge in [0.1, 0.15) is 6.26 Å². The first-order valence-corrected chi connectivity index (χ1v) is 8.07. The fourth-order valence-corrected chi connectivity index (χ4v) is 3.11. The van der Waals surface area contributed by atoms with Crippen molar-refractivity contribution in [3.05, 3.63) is 42.2 Å². The molecule has 24 heavy (non-hydrogen) atoms. The lowest BCUT2D eigenvalue weighted by atomic mass is 9.77. The van der Waals surface area contributed by atoms with Gasteiger partial charge in [-0.1, -0.05) is 37.2 Å². The van der Waals surface area contributed by atoms with Crippen LogP contribution >= 0.6 is 0 Å². The lowest BCUT2D eigenvalue weighted by Gasteiger charge is -2.38. The molecule has 1 N–H and O–H groups in total. The van der Waals surface area contributed by atoms with Crippen LogP contribution < -0.4 is 10.2 Å². The fraction of sp³-hybridized carbons (Fsp3) is 0.389. The van der Waals surface area contributed by atoms with Crippen LogP contribution in [0.2, 0.25) is 0 Å². The van der Waals surface area contributed by atoms with Gasteiger partial charge in [-0.3, -0.25) is 9.59 Å². The maximum absolute atomic E-state index is 12.5. The Morgan fingerprint density at radius 2 is 2.12 bits per heavy atom. The van der Waals surface area contributed by atoms with E-state index in [9.17, 15) is 9.59 Å². The van der Waals surface area contributed by atoms with Gasteiger partial charge in [-0.25, -0.2) is 0 Å². The van der Waals surface area contributed by atoms with Gasteiger partial charge in [-0.15, -0.1) is 0 Å². The highest BCUT2D eigenvalue weighted by atomic mass is 16.5. The summed E-state index contributed by atoms with van der Waals surface area (Å²) in [5, 5.41) is 6.30. The summed E-state index contributed by atoms with van der Waals surface area (Å²) in [4.78, 5) is 26.2. The van der Waals surface area contributed by atoms with Gasteiger partial charge in [-0.05, 0) is 18.1 Å². The van der Waals surface area contributed by atoms with E-state index >= 15 is 0 Å². The first-order chi connectivity index (χ1) is 11.5. The van der Waals surface area contributed by atoms with Crippen molar-refractivity contribution in [2.24, 2.45) is 0 Å². The van der Waals surface area contributed by atoms with Crippen molar-refractivity contribution in [3.8, 4) is 0 Å². The van der Waals surface area contributed by atoms with Gasteiger partial charge in [0, 0.05) is 36.6 Å². The predicted octanol–water partition coefficient (Wildman–Crippen LogP) is 3.11. The van der Waals surface area contributed by atoms with Gasteiger partial charge in [-0.2, -0.15) is 0 Å². The number of carbonyl (C=O) groups is 2. The third-order valence-electron chi connectivity index (χ3n) is 4.31. The van der Waals surface area contributed by atoms with Crippen LogP contribution in [0.1, 0.15) is 38.7 Å². The molecule has 0 atom stereocenters. The highest BCUT2D eigenvalue weighted by Crippen LogP contribution is 2.39. The highest BCUT2D eigenvalue weighted by Gasteiger charge is 2.35. The summed E-state index contributed by atoms with van der Waals surface area (Å²) in [6.45, 7) is 4.71. The molecule has 2 heterocycles. The Morgan fingerprint density at radius 3 is 2.88 bits per heavy atom. The smallest absolute Gasteiger partial charge is 0.227 e. The summed E-state index contributed by atoms with van der Waals surface area (Å²) < 4.78 is 4.67. The lowest BCUT2D eigenvalue weighted by molar-refractivity contribution is -0.120. The standard InChI is InChI=1S/C18H21N3O3/c1-18(2)12-17(23)21(14-7-4-3-6-13(14)18)10-5-8-16(22)19-15-9-11-24-20-15/h3-4,6-7,9,11H,5,8,10,12H2,1-2H3,(H,19,20,22). The molecule has 6 nitrogen and oxygen atoms in total. The summed E-state index contributed by atoms with van der Waals surface area (Å²) in [6, 6.07) is 9.58. The Kier molecular flexibility index (Phi) is 4.38. The summed E-state index contributed by atoms with van der Waals surface area (Å²) in [6.07, 6.45) is 2.79. The number of fused-ring (bicyclic) bond motifs is 1. The molecule has 0 unspecified atom stereocenters. The maximum Gasteiger partial charge on any atom is 0.227 e. The first kappa shape index (κ1) is 16.2. The van der Waals surface area contributed by atoms with Gasteiger partial charge in [0.05, 0.1) is 0 Å². The largest absolute Gasteiger partial charge is 0.363 e. The van der Waals surface area contributed by atoms with E-state index in [2.05, 4.69) is 34.9 Å². The third kappa shape index (κ3) is 3.32. The van der Waals surface area contributed by atoms with Crippen LogP contribution in [-0.4, -0.2) is 23.5 Å². The number of para-hydroxylation sites is 1. The van der Waals surface area contributed by atoms with Crippen molar-refractivity contribution in [1.82, 2.24) is 5.16 Å². The van der Waals surface area contributed by atoms with Crippen LogP contribution in [0.3, 0.4) is 0 Å². The lowest BCUT2D eigenvalue weighted by Crippen LogP contribution is -2.42. The van der Waals surface area contributed by atoms with Crippen LogP contribution in [0.5, 0.6) is 0 Å². The van der Waals surface area contributed by atoms with Crippen molar-refractivity contribution >= 4 is 23.3 Å². The van der Waals surface area contributed by atoms with E-state index in [0.717, 1.165) is 5.69 Å². The van der Waals surface area contributed by atoms with Crippen molar-refractivity contribution < 1.29 is 14.1 Å². The molecule has 126 valence electrons. The third-order valence-corrected chi connectivity index (χ3v) is 4.31. The van der Waals surface area contributed by atoms with Crippen LogP contribution in [0.25, 0.3) is 0 Å². The van der Waals surface area contributed by atoms with E-state index in [0.29, 0.717) is 31.6 Å². The Labute approximate surface area is 140 Å². The second-order valence-electron chi connectivity index (χ2n) is 6.66. The highest BCUT2D eigenvalue weighted by molar-refractivity contribution is 5.98. The molecule has 3 rings (SSSR count). The Morgan fingerprint density at radius 1 is 1.33 bits per heavy atom. The SMILES string of the molecule is CC1(C)CC(=O)N(CCCC(=O)Nc2ccon2)c2ccccc21. The molecular weight excluding hydrogens is 306 g/mol. The van der Waals surface area contributed by atoms with Gasteiger partial charge < -0.3 is 14.7 Å². The van der Waals surface area contributed by atoms with Crippen LogP contribution in [0, 0.1) is 0 Å². The zero-order chi connectivity index (χ0) is 17.2. The average molecular weight is 327 g/mol.